The highest BCUT2D eigenvalue weighted by atomic mass is 15.3. The highest BCUT2D eigenvalue weighted by Crippen LogP contribution is 2.27. The van der Waals surface area contributed by atoms with E-state index >= 15 is 0 Å². The van der Waals surface area contributed by atoms with Crippen LogP contribution in [0, 0.1) is 0 Å². The van der Waals surface area contributed by atoms with E-state index in [0.29, 0.717) is 0 Å². The van der Waals surface area contributed by atoms with E-state index in [2.05, 4.69) is 34.1 Å². The number of piperazine rings is 1. The summed E-state index contributed by atoms with van der Waals surface area (Å²) in [5.74, 6) is 0. The Bertz CT molecular complexity index is 220. The molecule has 0 atom stereocenters. The summed E-state index contributed by atoms with van der Waals surface area (Å²) in [6.45, 7) is 9.85. The van der Waals surface area contributed by atoms with Crippen LogP contribution in [0.5, 0.6) is 0 Å². The van der Waals surface area contributed by atoms with Crippen LogP contribution < -0.4 is 5.32 Å². The predicted molar refractivity (Wildman–Crippen MR) is 77.1 cm³/mol. The molecule has 0 radical (unpaired) electrons. The summed E-state index contributed by atoms with van der Waals surface area (Å²) in [4.78, 5) is 7.54. The summed E-state index contributed by atoms with van der Waals surface area (Å²) in [7, 11) is 4.28. The number of nitrogens with zero attached hydrogens (tertiary/aromatic N) is 3. The van der Waals surface area contributed by atoms with Crippen molar-refractivity contribution in [3.8, 4) is 0 Å². The molecule has 0 aromatic rings. The van der Waals surface area contributed by atoms with Gasteiger partial charge in [-0.2, -0.15) is 0 Å². The molecule has 1 aliphatic carbocycles. The third-order valence-corrected chi connectivity index (χ3v) is 4.03. The fourth-order valence-electron chi connectivity index (χ4n) is 2.67. The number of nitrogens with one attached hydrogen (secondary N) is 1. The van der Waals surface area contributed by atoms with Gasteiger partial charge in [-0.1, -0.05) is 0 Å². The average molecular weight is 254 g/mol. The quantitative estimate of drug-likeness (QED) is 0.629. The first-order valence-corrected chi connectivity index (χ1v) is 7.57. The number of rotatable bonds is 8. The molecule has 1 saturated carbocycles. The van der Waals surface area contributed by atoms with Crippen LogP contribution in [0.4, 0.5) is 0 Å². The largest absolute Gasteiger partial charge is 0.315 e. The van der Waals surface area contributed by atoms with Crippen LogP contribution >= 0.6 is 0 Å². The molecule has 106 valence electrons. The van der Waals surface area contributed by atoms with Gasteiger partial charge in [-0.05, 0) is 46.4 Å². The van der Waals surface area contributed by atoms with Gasteiger partial charge in [0.2, 0.25) is 0 Å². The summed E-state index contributed by atoms with van der Waals surface area (Å²) in [6, 6.07) is 0.955. The molecule has 1 saturated heterocycles. The van der Waals surface area contributed by atoms with Gasteiger partial charge in [-0.25, -0.2) is 0 Å². The van der Waals surface area contributed by atoms with Crippen molar-refractivity contribution in [3.63, 3.8) is 0 Å². The molecular formula is C14H30N4. The second kappa shape index (κ2) is 7.43. The van der Waals surface area contributed by atoms with Crippen molar-refractivity contribution in [2.24, 2.45) is 0 Å². The highest BCUT2D eigenvalue weighted by Gasteiger charge is 2.30. The van der Waals surface area contributed by atoms with E-state index in [-0.39, 0.29) is 0 Å². The van der Waals surface area contributed by atoms with Gasteiger partial charge in [0.25, 0.3) is 0 Å². The molecular weight excluding hydrogens is 224 g/mol. The van der Waals surface area contributed by atoms with Crippen LogP contribution in [-0.2, 0) is 0 Å². The lowest BCUT2D eigenvalue weighted by Gasteiger charge is -2.34. The fourth-order valence-corrected chi connectivity index (χ4v) is 2.67. The van der Waals surface area contributed by atoms with Crippen molar-refractivity contribution in [2.45, 2.75) is 25.3 Å². The van der Waals surface area contributed by atoms with Gasteiger partial charge < -0.3 is 10.2 Å². The standard InChI is InChI=1S/C14H30N4/c1-16(2)8-3-6-15-7-9-17-10-12-18(13-11-17)14-4-5-14/h14-15H,3-13H2,1-2H3. The molecule has 0 bridgehead atoms. The van der Waals surface area contributed by atoms with E-state index in [4.69, 9.17) is 0 Å². The second-order valence-corrected chi connectivity index (χ2v) is 6.02. The van der Waals surface area contributed by atoms with Gasteiger partial charge in [0.1, 0.15) is 0 Å². The van der Waals surface area contributed by atoms with Crippen LogP contribution in [0.2, 0.25) is 0 Å². The Hall–Kier alpha value is -0.160. The Morgan fingerprint density at radius 2 is 1.78 bits per heavy atom. The lowest BCUT2D eigenvalue weighted by molar-refractivity contribution is 0.127. The Morgan fingerprint density at radius 1 is 1.06 bits per heavy atom. The van der Waals surface area contributed by atoms with Crippen LogP contribution in [-0.4, -0.2) is 87.2 Å². The van der Waals surface area contributed by atoms with E-state index in [1.807, 2.05) is 0 Å². The summed E-state index contributed by atoms with van der Waals surface area (Å²) in [5, 5.41) is 3.55. The van der Waals surface area contributed by atoms with Gasteiger partial charge >= 0.3 is 0 Å². The molecule has 1 N–H and O–H groups in total. The topological polar surface area (TPSA) is 21.8 Å². The Morgan fingerprint density at radius 3 is 2.39 bits per heavy atom. The van der Waals surface area contributed by atoms with Gasteiger partial charge in [-0.15, -0.1) is 0 Å². The zero-order valence-electron chi connectivity index (χ0n) is 12.2. The maximum atomic E-state index is 3.55. The first-order valence-electron chi connectivity index (χ1n) is 7.57. The van der Waals surface area contributed by atoms with Gasteiger partial charge in [-0.3, -0.25) is 9.80 Å². The van der Waals surface area contributed by atoms with Gasteiger partial charge in [0, 0.05) is 45.3 Å². The minimum Gasteiger partial charge on any atom is -0.315 e. The summed E-state index contributed by atoms with van der Waals surface area (Å²) >= 11 is 0. The molecule has 1 aliphatic heterocycles. The van der Waals surface area contributed by atoms with Gasteiger partial charge in [0.15, 0.2) is 0 Å². The molecule has 4 nitrogen and oxygen atoms in total. The molecule has 2 fully saturated rings. The highest BCUT2D eigenvalue weighted by molar-refractivity contribution is 4.87. The molecule has 0 aromatic heterocycles. The normalized spacial score (nSPS) is 22.8. The van der Waals surface area contributed by atoms with Crippen LogP contribution in [0.1, 0.15) is 19.3 Å². The van der Waals surface area contributed by atoms with Crippen molar-refractivity contribution in [1.29, 1.82) is 0 Å². The lowest BCUT2D eigenvalue weighted by atomic mass is 10.3. The lowest BCUT2D eigenvalue weighted by Crippen LogP contribution is -2.48. The monoisotopic (exact) mass is 254 g/mol. The zero-order valence-corrected chi connectivity index (χ0v) is 12.2. The molecule has 0 spiro atoms. The van der Waals surface area contributed by atoms with E-state index in [0.717, 1.165) is 19.1 Å². The summed E-state index contributed by atoms with van der Waals surface area (Å²) in [5.41, 5.74) is 0. The average Bonchev–Trinajstić information content (AvgIpc) is 3.18. The smallest absolute Gasteiger partial charge is 0.0113 e. The van der Waals surface area contributed by atoms with Crippen molar-refractivity contribution in [3.05, 3.63) is 0 Å². The second-order valence-electron chi connectivity index (χ2n) is 6.02. The molecule has 1 heterocycles. The van der Waals surface area contributed by atoms with Crippen molar-refractivity contribution < 1.29 is 0 Å². The van der Waals surface area contributed by atoms with Crippen LogP contribution in [0.3, 0.4) is 0 Å². The SMILES string of the molecule is CN(C)CCCNCCN1CCN(C2CC2)CC1. The molecule has 0 unspecified atom stereocenters. The first kappa shape index (κ1) is 14.3. The fraction of sp³-hybridized carbons (Fsp3) is 1.00. The maximum absolute atomic E-state index is 3.55. The predicted octanol–water partition coefficient (Wildman–Crippen LogP) is 0.308. The van der Waals surface area contributed by atoms with E-state index in [9.17, 15) is 0 Å². The Labute approximate surface area is 112 Å². The number of hydrogen-bond acceptors (Lipinski definition) is 4. The summed E-state index contributed by atoms with van der Waals surface area (Å²) in [6.07, 6.45) is 4.16. The summed E-state index contributed by atoms with van der Waals surface area (Å²) < 4.78 is 0. The van der Waals surface area contributed by atoms with Crippen LogP contribution in [0.15, 0.2) is 0 Å². The Kier molecular flexibility index (Phi) is 5.89. The third kappa shape index (κ3) is 5.22. The maximum Gasteiger partial charge on any atom is 0.0113 e. The number of hydrogen-bond donors (Lipinski definition) is 1. The van der Waals surface area contributed by atoms with Crippen molar-refractivity contribution >= 4 is 0 Å². The third-order valence-electron chi connectivity index (χ3n) is 4.03. The Balaban J connectivity index is 1.43. The molecule has 0 amide bonds. The molecule has 2 rings (SSSR count). The first-order chi connectivity index (χ1) is 8.75. The van der Waals surface area contributed by atoms with E-state index in [1.54, 1.807) is 0 Å². The van der Waals surface area contributed by atoms with E-state index < -0.39 is 0 Å². The zero-order chi connectivity index (χ0) is 12.8. The van der Waals surface area contributed by atoms with E-state index in [1.165, 1.54) is 58.5 Å². The van der Waals surface area contributed by atoms with Gasteiger partial charge in [0.05, 0.1) is 0 Å². The minimum absolute atomic E-state index is 0.955. The molecule has 4 heteroatoms. The molecule has 2 aliphatic rings. The van der Waals surface area contributed by atoms with Crippen molar-refractivity contribution in [2.75, 3.05) is 66.5 Å². The minimum atomic E-state index is 0.955. The van der Waals surface area contributed by atoms with Crippen molar-refractivity contribution in [1.82, 2.24) is 20.0 Å². The van der Waals surface area contributed by atoms with Crippen LogP contribution in [0.25, 0.3) is 0 Å². The molecule has 18 heavy (non-hydrogen) atoms. The molecule has 0 aromatic carbocycles.